The third-order valence-electron chi connectivity index (χ3n) is 5.08. The molecule has 3 heterocycles. The first-order valence-corrected chi connectivity index (χ1v) is 9.76. The molecule has 0 saturated carbocycles. The number of carbonyl (C=O) groups is 1. The Balaban J connectivity index is 1.55. The molecule has 1 aliphatic rings. The highest BCUT2D eigenvalue weighted by molar-refractivity contribution is 6.54. The number of carbonyl (C=O) groups excluding carboxylic acids is 1. The minimum Gasteiger partial charge on any atom is -0.309 e. The topological polar surface area (TPSA) is 75.7 Å². The Morgan fingerprint density at radius 3 is 2.58 bits per heavy atom. The van der Waals surface area contributed by atoms with E-state index in [1.165, 1.54) is 0 Å². The zero-order valence-electron chi connectivity index (χ0n) is 16.8. The summed E-state index contributed by atoms with van der Waals surface area (Å²) in [5.41, 5.74) is 5.24. The maximum absolute atomic E-state index is 12.6. The van der Waals surface area contributed by atoms with Crippen LogP contribution in [0.5, 0.6) is 0 Å². The van der Waals surface area contributed by atoms with Crippen molar-refractivity contribution in [3.05, 3.63) is 96.4 Å². The number of hydrogen-bond acceptors (Lipinski definition) is 5. The normalized spacial score (nSPS) is 14.5. The fraction of sp³-hybridized carbons (Fsp3) is 0.0417. The number of benzene rings is 2. The predicted molar refractivity (Wildman–Crippen MR) is 121 cm³/mol. The van der Waals surface area contributed by atoms with Crippen LogP contribution in [0, 0.1) is 0 Å². The summed E-state index contributed by atoms with van der Waals surface area (Å²) < 4.78 is 1.79. The lowest BCUT2D eigenvalue weighted by Crippen LogP contribution is -2.25. The SMILES string of the molecule is CN1C(=O)/C(=N/N=C\c2cn(-c3ccccc3)nc2-c2cccnc2)c2ccccc21. The number of para-hydroxylation sites is 2. The van der Waals surface area contributed by atoms with Crippen molar-refractivity contribution in [2.24, 2.45) is 10.2 Å². The third kappa shape index (κ3) is 3.42. The Hall–Kier alpha value is -4.39. The fourth-order valence-corrected chi connectivity index (χ4v) is 3.52. The maximum Gasteiger partial charge on any atom is 0.279 e. The summed E-state index contributed by atoms with van der Waals surface area (Å²) in [6.45, 7) is 0. The van der Waals surface area contributed by atoms with Gasteiger partial charge in [-0.05, 0) is 30.3 Å². The molecule has 4 aromatic rings. The van der Waals surface area contributed by atoms with Crippen LogP contribution in [-0.2, 0) is 4.79 Å². The lowest BCUT2D eigenvalue weighted by molar-refractivity contribution is -0.111. The highest BCUT2D eigenvalue weighted by Crippen LogP contribution is 2.27. The second-order valence-electron chi connectivity index (χ2n) is 7.03. The summed E-state index contributed by atoms with van der Waals surface area (Å²) in [5, 5.41) is 13.2. The molecule has 150 valence electrons. The zero-order chi connectivity index (χ0) is 21.2. The van der Waals surface area contributed by atoms with Gasteiger partial charge in [0.1, 0.15) is 5.69 Å². The van der Waals surface area contributed by atoms with Crippen LogP contribution in [0.3, 0.4) is 0 Å². The molecule has 0 bridgehead atoms. The van der Waals surface area contributed by atoms with E-state index in [0.29, 0.717) is 5.71 Å². The molecule has 1 aliphatic heterocycles. The molecule has 0 atom stereocenters. The second-order valence-corrected chi connectivity index (χ2v) is 7.03. The van der Waals surface area contributed by atoms with E-state index in [2.05, 4.69) is 15.2 Å². The lowest BCUT2D eigenvalue weighted by Gasteiger charge is -2.07. The Labute approximate surface area is 179 Å². The molecule has 2 aromatic carbocycles. The zero-order valence-corrected chi connectivity index (χ0v) is 16.8. The van der Waals surface area contributed by atoms with Crippen LogP contribution in [0.25, 0.3) is 16.9 Å². The van der Waals surface area contributed by atoms with Gasteiger partial charge in [0, 0.05) is 42.3 Å². The van der Waals surface area contributed by atoms with E-state index < -0.39 is 0 Å². The fourth-order valence-electron chi connectivity index (χ4n) is 3.52. The van der Waals surface area contributed by atoms with Crippen molar-refractivity contribution >= 4 is 23.5 Å². The van der Waals surface area contributed by atoms with Crippen molar-refractivity contribution in [1.82, 2.24) is 14.8 Å². The van der Waals surface area contributed by atoms with Gasteiger partial charge in [0.05, 0.1) is 17.6 Å². The van der Waals surface area contributed by atoms with Crippen molar-refractivity contribution in [3.63, 3.8) is 0 Å². The van der Waals surface area contributed by atoms with Gasteiger partial charge in [-0.1, -0.05) is 36.4 Å². The molecule has 0 fully saturated rings. The van der Waals surface area contributed by atoms with Crippen molar-refractivity contribution in [1.29, 1.82) is 0 Å². The minimum absolute atomic E-state index is 0.175. The molecule has 7 heteroatoms. The molecule has 0 radical (unpaired) electrons. The van der Waals surface area contributed by atoms with Gasteiger partial charge in [-0.2, -0.15) is 10.2 Å². The van der Waals surface area contributed by atoms with Crippen molar-refractivity contribution in [3.8, 4) is 16.9 Å². The van der Waals surface area contributed by atoms with Gasteiger partial charge in [0.2, 0.25) is 0 Å². The average molecular weight is 406 g/mol. The molecule has 0 N–H and O–H groups in total. The standard InChI is InChI=1S/C24H18N6O/c1-29-21-12-6-5-11-20(21)23(24(29)31)27-26-15-18-16-30(19-9-3-2-4-10-19)28-22(18)17-8-7-13-25-14-17/h2-16H,1H3/b26-15-,27-23+. The van der Waals surface area contributed by atoms with E-state index in [1.54, 1.807) is 35.2 Å². The van der Waals surface area contributed by atoms with Crippen LogP contribution in [0.4, 0.5) is 5.69 Å². The molecule has 7 nitrogen and oxygen atoms in total. The number of pyridine rings is 1. The quantitative estimate of drug-likeness (QED) is 0.383. The smallest absolute Gasteiger partial charge is 0.279 e. The summed E-state index contributed by atoms with van der Waals surface area (Å²) in [6.07, 6.45) is 6.98. The Morgan fingerprint density at radius 2 is 1.77 bits per heavy atom. The first-order chi connectivity index (χ1) is 15.2. The van der Waals surface area contributed by atoms with E-state index in [9.17, 15) is 4.79 Å². The van der Waals surface area contributed by atoms with Gasteiger partial charge in [-0.25, -0.2) is 4.68 Å². The molecule has 0 saturated heterocycles. The van der Waals surface area contributed by atoms with Crippen LogP contribution in [0.1, 0.15) is 11.1 Å². The molecule has 0 unspecified atom stereocenters. The summed E-state index contributed by atoms with van der Waals surface area (Å²) in [4.78, 5) is 18.4. The Kier molecular flexibility index (Phi) is 4.68. The van der Waals surface area contributed by atoms with E-state index in [-0.39, 0.29) is 5.91 Å². The van der Waals surface area contributed by atoms with E-state index >= 15 is 0 Å². The second kappa shape index (κ2) is 7.79. The lowest BCUT2D eigenvalue weighted by atomic mass is 10.1. The monoisotopic (exact) mass is 406 g/mol. The first kappa shape index (κ1) is 18.6. The van der Waals surface area contributed by atoms with Crippen LogP contribution in [0.15, 0.2) is 95.5 Å². The first-order valence-electron chi connectivity index (χ1n) is 9.76. The van der Waals surface area contributed by atoms with Crippen LogP contribution < -0.4 is 4.90 Å². The maximum atomic E-state index is 12.6. The van der Waals surface area contributed by atoms with Gasteiger partial charge in [0.15, 0.2) is 5.71 Å². The number of aromatic nitrogens is 3. The molecule has 2 aromatic heterocycles. The molecular weight excluding hydrogens is 388 g/mol. The van der Waals surface area contributed by atoms with Gasteiger partial charge in [-0.15, -0.1) is 5.10 Å². The molecule has 1 amide bonds. The Bertz CT molecular complexity index is 1310. The number of rotatable bonds is 4. The molecule has 0 spiro atoms. The largest absolute Gasteiger partial charge is 0.309 e. The molecular formula is C24H18N6O. The van der Waals surface area contributed by atoms with Crippen LogP contribution in [-0.4, -0.2) is 39.6 Å². The third-order valence-corrected chi connectivity index (χ3v) is 5.08. The van der Waals surface area contributed by atoms with Gasteiger partial charge in [0.25, 0.3) is 5.91 Å². The number of fused-ring (bicyclic) bond motifs is 1. The summed E-state index contributed by atoms with van der Waals surface area (Å²) in [7, 11) is 1.73. The number of nitrogens with zero attached hydrogens (tertiary/aromatic N) is 6. The van der Waals surface area contributed by atoms with Gasteiger partial charge >= 0.3 is 0 Å². The highest BCUT2D eigenvalue weighted by Gasteiger charge is 2.31. The van der Waals surface area contributed by atoms with Gasteiger partial charge in [-0.3, -0.25) is 9.78 Å². The summed E-state index contributed by atoms with van der Waals surface area (Å²) in [5.74, 6) is -0.175. The number of amides is 1. The molecule has 31 heavy (non-hydrogen) atoms. The average Bonchev–Trinajstić information content (AvgIpc) is 3.36. The van der Waals surface area contributed by atoms with Crippen molar-refractivity contribution in [2.45, 2.75) is 0 Å². The number of anilines is 1. The van der Waals surface area contributed by atoms with Crippen LogP contribution >= 0.6 is 0 Å². The van der Waals surface area contributed by atoms with E-state index in [1.807, 2.05) is 72.9 Å². The number of hydrogen-bond donors (Lipinski definition) is 0. The predicted octanol–water partition coefficient (Wildman–Crippen LogP) is 3.73. The summed E-state index contributed by atoms with van der Waals surface area (Å²) >= 11 is 0. The van der Waals surface area contributed by atoms with E-state index in [4.69, 9.17) is 5.10 Å². The number of likely N-dealkylation sites (N-methyl/N-ethyl adjacent to an activating group) is 1. The van der Waals surface area contributed by atoms with Crippen molar-refractivity contribution < 1.29 is 4.79 Å². The summed E-state index contributed by atoms with van der Waals surface area (Å²) in [6, 6.07) is 21.2. The van der Waals surface area contributed by atoms with E-state index in [0.717, 1.165) is 33.8 Å². The van der Waals surface area contributed by atoms with Crippen molar-refractivity contribution in [2.75, 3.05) is 11.9 Å². The van der Waals surface area contributed by atoms with Crippen LogP contribution in [0.2, 0.25) is 0 Å². The Morgan fingerprint density at radius 1 is 0.968 bits per heavy atom. The van der Waals surface area contributed by atoms with Gasteiger partial charge < -0.3 is 4.90 Å². The molecule has 0 aliphatic carbocycles. The highest BCUT2D eigenvalue weighted by atomic mass is 16.2. The minimum atomic E-state index is -0.175. The molecule has 5 rings (SSSR count).